The molecule has 0 atom stereocenters. The Morgan fingerprint density at radius 3 is 2.58 bits per heavy atom. The zero-order valence-corrected chi connectivity index (χ0v) is 17.7. The van der Waals surface area contributed by atoms with E-state index in [0.717, 1.165) is 43.7 Å². The quantitative estimate of drug-likeness (QED) is 0.412. The van der Waals surface area contributed by atoms with Gasteiger partial charge in [0.25, 0.3) is 5.91 Å². The number of rotatable bonds is 4. The van der Waals surface area contributed by atoms with Crippen LogP contribution in [0.25, 0.3) is 32.9 Å². The van der Waals surface area contributed by atoms with Gasteiger partial charge in [0.05, 0.1) is 23.9 Å². The van der Waals surface area contributed by atoms with Gasteiger partial charge in [-0.1, -0.05) is 47.7 Å². The third-order valence-corrected chi connectivity index (χ3v) is 5.80. The summed E-state index contributed by atoms with van der Waals surface area (Å²) in [5, 5.41) is 15.0. The number of hydrogen-bond donors (Lipinski definition) is 1. The second-order valence-corrected chi connectivity index (χ2v) is 8.26. The van der Waals surface area contributed by atoms with Crippen LogP contribution in [0.15, 0.2) is 66.7 Å². The lowest BCUT2D eigenvalue weighted by Crippen LogP contribution is -2.13. The van der Waals surface area contributed by atoms with Gasteiger partial charge in [0.15, 0.2) is 0 Å². The normalized spacial score (nSPS) is 11.0. The number of amides is 1. The van der Waals surface area contributed by atoms with Crippen molar-refractivity contribution in [1.82, 2.24) is 15.2 Å². The summed E-state index contributed by atoms with van der Waals surface area (Å²) >= 11 is 1.34. The van der Waals surface area contributed by atoms with Crippen molar-refractivity contribution in [3.63, 3.8) is 0 Å². The Hall–Kier alpha value is -3.84. The second-order valence-electron chi connectivity index (χ2n) is 7.08. The van der Waals surface area contributed by atoms with E-state index >= 15 is 0 Å². The van der Waals surface area contributed by atoms with Crippen LogP contribution in [-0.4, -0.2) is 28.2 Å². The van der Waals surface area contributed by atoms with Gasteiger partial charge in [-0.05, 0) is 48.0 Å². The molecule has 0 saturated carbocycles. The molecule has 0 unspecified atom stereocenters. The van der Waals surface area contributed by atoms with Crippen molar-refractivity contribution in [2.45, 2.75) is 6.92 Å². The van der Waals surface area contributed by atoms with Crippen LogP contribution in [0.5, 0.6) is 5.75 Å². The number of methoxy groups -OCH3 is 1. The summed E-state index contributed by atoms with van der Waals surface area (Å²) in [6.07, 6.45) is 0. The van der Waals surface area contributed by atoms with E-state index in [-0.39, 0.29) is 5.91 Å². The van der Waals surface area contributed by atoms with E-state index in [9.17, 15) is 4.79 Å². The van der Waals surface area contributed by atoms with Gasteiger partial charge < -0.3 is 4.74 Å². The standard InChI is InChI=1S/C24H18N4O2S/c1-14-27-28-24(31-14)26-23(29)20-13-22(25-21-6-4-3-5-19(20)21)17-8-7-16-12-18(30-2)10-9-15(16)11-17/h3-13H,1-2H3,(H,26,28,29). The molecule has 31 heavy (non-hydrogen) atoms. The zero-order valence-electron chi connectivity index (χ0n) is 16.9. The Bertz CT molecular complexity index is 1440. The van der Waals surface area contributed by atoms with Crippen molar-refractivity contribution >= 4 is 44.1 Å². The monoisotopic (exact) mass is 426 g/mol. The minimum absolute atomic E-state index is 0.235. The van der Waals surface area contributed by atoms with Crippen LogP contribution in [0.4, 0.5) is 5.13 Å². The van der Waals surface area contributed by atoms with Gasteiger partial charge in [-0.15, -0.1) is 10.2 Å². The lowest BCUT2D eigenvalue weighted by atomic mass is 10.0. The Kier molecular flexibility index (Phi) is 4.80. The second kappa shape index (κ2) is 7.77. The summed E-state index contributed by atoms with van der Waals surface area (Å²) in [7, 11) is 1.66. The summed E-state index contributed by atoms with van der Waals surface area (Å²) in [6.45, 7) is 1.85. The minimum atomic E-state index is -0.235. The molecule has 2 heterocycles. The first-order valence-corrected chi connectivity index (χ1v) is 10.5. The molecule has 0 spiro atoms. The van der Waals surface area contributed by atoms with Crippen molar-refractivity contribution < 1.29 is 9.53 Å². The molecule has 5 rings (SSSR count). The SMILES string of the molecule is COc1ccc2cc(-c3cc(C(=O)Nc4nnc(C)s4)c4ccccc4n3)ccc2c1. The Morgan fingerprint density at radius 2 is 1.77 bits per heavy atom. The first-order chi connectivity index (χ1) is 15.1. The molecule has 152 valence electrons. The Labute approximate surface area is 182 Å². The largest absolute Gasteiger partial charge is 0.497 e. The zero-order chi connectivity index (χ0) is 21.4. The van der Waals surface area contributed by atoms with E-state index in [0.29, 0.717) is 10.7 Å². The molecule has 1 amide bonds. The molecule has 2 aromatic heterocycles. The summed E-state index contributed by atoms with van der Waals surface area (Å²) in [4.78, 5) is 17.9. The highest BCUT2D eigenvalue weighted by Crippen LogP contribution is 2.29. The lowest BCUT2D eigenvalue weighted by Gasteiger charge is -2.10. The molecular weight excluding hydrogens is 408 g/mol. The predicted octanol–water partition coefficient (Wildman–Crippen LogP) is 5.48. The summed E-state index contributed by atoms with van der Waals surface area (Å²) in [5.74, 6) is 0.580. The van der Waals surface area contributed by atoms with E-state index in [4.69, 9.17) is 9.72 Å². The van der Waals surface area contributed by atoms with Gasteiger partial charge in [0.1, 0.15) is 10.8 Å². The third-order valence-electron chi connectivity index (χ3n) is 5.05. The van der Waals surface area contributed by atoms with Crippen molar-refractivity contribution in [3.8, 4) is 17.0 Å². The molecule has 0 bridgehead atoms. The number of ether oxygens (including phenoxy) is 1. The molecule has 0 fully saturated rings. The molecule has 0 aliphatic rings. The number of carbonyl (C=O) groups is 1. The minimum Gasteiger partial charge on any atom is -0.497 e. The van der Waals surface area contributed by atoms with Crippen molar-refractivity contribution in [1.29, 1.82) is 0 Å². The third kappa shape index (κ3) is 3.71. The van der Waals surface area contributed by atoms with Crippen molar-refractivity contribution in [3.05, 3.63) is 77.3 Å². The number of aryl methyl sites for hydroxylation is 1. The van der Waals surface area contributed by atoms with Crippen LogP contribution in [0.1, 0.15) is 15.4 Å². The summed E-state index contributed by atoms with van der Waals surface area (Å²) < 4.78 is 5.31. The van der Waals surface area contributed by atoms with Gasteiger partial charge in [-0.3, -0.25) is 10.1 Å². The van der Waals surface area contributed by atoms with Crippen LogP contribution in [-0.2, 0) is 0 Å². The number of aromatic nitrogens is 3. The molecular formula is C24H18N4O2S. The number of hydrogen-bond acceptors (Lipinski definition) is 6. The fourth-order valence-electron chi connectivity index (χ4n) is 3.53. The van der Waals surface area contributed by atoms with Crippen LogP contribution < -0.4 is 10.1 Å². The smallest absolute Gasteiger partial charge is 0.258 e. The van der Waals surface area contributed by atoms with Crippen LogP contribution in [0.3, 0.4) is 0 Å². The van der Waals surface area contributed by atoms with Gasteiger partial charge in [-0.2, -0.15) is 0 Å². The number of fused-ring (bicyclic) bond motifs is 2. The molecule has 6 nitrogen and oxygen atoms in total. The maximum atomic E-state index is 13.1. The maximum Gasteiger partial charge on any atom is 0.258 e. The van der Waals surface area contributed by atoms with E-state index in [1.54, 1.807) is 7.11 Å². The van der Waals surface area contributed by atoms with Gasteiger partial charge in [0.2, 0.25) is 5.13 Å². The molecule has 3 aromatic carbocycles. The number of para-hydroxylation sites is 1. The molecule has 0 saturated heterocycles. The van der Waals surface area contributed by atoms with Crippen molar-refractivity contribution in [2.75, 3.05) is 12.4 Å². The maximum absolute atomic E-state index is 13.1. The number of carbonyl (C=O) groups excluding carboxylic acids is 1. The topological polar surface area (TPSA) is 77.0 Å². The van der Waals surface area contributed by atoms with Crippen LogP contribution in [0, 0.1) is 6.92 Å². The molecule has 7 heteroatoms. The van der Waals surface area contributed by atoms with E-state index in [1.807, 2.05) is 67.6 Å². The van der Waals surface area contributed by atoms with E-state index < -0.39 is 0 Å². The molecule has 5 aromatic rings. The average Bonchev–Trinajstić information content (AvgIpc) is 3.21. The highest BCUT2D eigenvalue weighted by atomic mass is 32.1. The first kappa shape index (κ1) is 19.1. The fourth-order valence-corrected chi connectivity index (χ4v) is 4.12. The molecule has 0 aliphatic carbocycles. The summed E-state index contributed by atoms with van der Waals surface area (Å²) in [5.41, 5.74) is 2.97. The molecule has 1 N–H and O–H groups in total. The Balaban J connectivity index is 1.61. The predicted molar refractivity (Wildman–Crippen MR) is 124 cm³/mol. The number of anilines is 1. The lowest BCUT2D eigenvalue weighted by molar-refractivity contribution is 0.102. The van der Waals surface area contributed by atoms with Crippen LogP contribution >= 0.6 is 11.3 Å². The van der Waals surface area contributed by atoms with E-state index in [2.05, 4.69) is 21.6 Å². The summed E-state index contributed by atoms with van der Waals surface area (Å²) in [6, 6.07) is 21.5. The molecule has 0 radical (unpaired) electrons. The van der Waals surface area contributed by atoms with Gasteiger partial charge in [0, 0.05) is 10.9 Å². The van der Waals surface area contributed by atoms with E-state index in [1.165, 1.54) is 11.3 Å². The number of pyridine rings is 1. The van der Waals surface area contributed by atoms with Crippen molar-refractivity contribution in [2.24, 2.45) is 0 Å². The highest BCUT2D eigenvalue weighted by molar-refractivity contribution is 7.15. The van der Waals surface area contributed by atoms with Crippen LogP contribution in [0.2, 0.25) is 0 Å². The van der Waals surface area contributed by atoms with Gasteiger partial charge >= 0.3 is 0 Å². The first-order valence-electron chi connectivity index (χ1n) is 9.70. The number of nitrogens with one attached hydrogen (secondary N) is 1. The Morgan fingerprint density at radius 1 is 0.968 bits per heavy atom. The fraction of sp³-hybridized carbons (Fsp3) is 0.0833. The highest BCUT2D eigenvalue weighted by Gasteiger charge is 2.16. The average molecular weight is 427 g/mol. The van der Waals surface area contributed by atoms with Gasteiger partial charge in [-0.25, -0.2) is 4.98 Å². The number of nitrogens with zero attached hydrogens (tertiary/aromatic N) is 3. The number of benzene rings is 3. The molecule has 0 aliphatic heterocycles.